The van der Waals surface area contributed by atoms with E-state index < -0.39 is 15.6 Å². The second kappa shape index (κ2) is 6.16. The van der Waals surface area contributed by atoms with E-state index in [1.807, 2.05) is 6.07 Å². The van der Waals surface area contributed by atoms with Crippen molar-refractivity contribution in [1.29, 1.82) is 5.26 Å². The summed E-state index contributed by atoms with van der Waals surface area (Å²) >= 11 is 0. The molecule has 136 valence electrons. The molecule has 0 spiro atoms. The molecule has 1 N–H and O–H groups in total. The van der Waals surface area contributed by atoms with Crippen LogP contribution in [0.25, 0.3) is 0 Å². The molecule has 1 atom stereocenters. The minimum atomic E-state index is -3.64. The van der Waals surface area contributed by atoms with E-state index in [1.165, 1.54) is 4.31 Å². The topological polar surface area (TPSA) is 120 Å². The number of β-amino-alcohol motifs (C(OH)–C–C–N with tert-alkyl or cyclic N) is 1. The summed E-state index contributed by atoms with van der Waals surface area (Å²) in [6, 6.07) is 8.50. The van der Waals surface area contributed by atoms with E-state index in [0.717, 1.165) is 12.8 Å². The van der Waals surface area contributed by atoms with Crippen LogP contribution < -0.4 is 0 Å². The summed E-state index contributed by atoms with van der Waals surface area (Å²) in [5, 5.41) is 23.7. The highest BCUT2D eigenvalue weighted by molar-refractivity contribution is 7.88. The van der Waals surface area contributed by atoms with Crippen LogP contribution in [0.5, 0.6) is 0 Å². The molecular formula is C17H18N4O4S. The fourth-order valence-electron chi connectivity index (χ4n) is 3.14. The normalized spacial score (nSPS) is 23.8. The van der Waals surface area contributed by atoms with Gasteiger partial charge in [-0.3, -0.25) is 0 Å². The van der Waals surface area contributed by atoms with Gasteiger partial charge in [-0.15, -0.1) is 0 Å². The lowest BCUT2D eigenvalue weighted by Gasteiger charge is -2.19. The smallest absolute Gasteiger partial charge is 0.260 e. The van der Waals surface area contributed by atoms with Gasteiger partial charge in [0.15, 0.2) is 11.4 Å². The standard InChI is InChI=1S/C17H18N4O4S/c18-9-12-2-1-3-13(8-12)10-26(23,24)21-7-6-17(22,11-21)16-19-15(20-25-16)14-4-5-14/h1-3,8,14,22H,4-7,10-11H2/t17-/m0/s1. The fraction of sp³-hybridized carbons (Fsp3) is 0.471. The number of hydrogen-bond acceptors (Lipinski definition) is 7. The van der Waals surface area contributed by atoms with Gasteiger partial charge in [-0.2, -0.15) is 14.6 Å². The number of aromatic nitrogens is 2. The van der Waals surface area contributed by atoms with E-state index in [2.05, 4.69) is 10.1 Å². The zero-order chi connectivity index (χ0) is 18.4. The average Bonchev–Trinajstić information content (AvgIpc) is 3.18. The fourth-order valence-corrected chi connectivity index (χ4v) is 4.70. The highest BCUT2D eigenvalue weighted by atomic mass is 32.2. The van der Waals surface area contributed by atoms with E-state index in [9.17, 15) is 13.5 Å². The second-order valence-electron chi connectivity index (χ2n) is 6.92. The van der Waals surface area contributed by atoms with Crippen molar-refractivity contribution in [2.24, 2.45) is 0 Å². The minimum Gasteiger partial charge on any atom is -0.379 e. The Bertz CT molecular complexity index is 977. The van der Waals surface area contributed by atoms with Crippen LogP contribution in [0, 0.1) is 11.3 Å². The highest BCUT2D eigenvalue weighted by Crippen LogP contribution is 2.40. The maximum absolute atomic E-state index is 12.7. The summed E-state index contributed by atoms with van der Waals surface area (Å²) < 4.78 is 31.9. The molecule has 0 amide bonds. The summed E-state index contributed by atoms with van der Waals surface area (Å²) in [4.78, 5) is 4.26. The van der Waals surface area contributed by atoms with Gasteiger partial charge >= 0.3 is 0 Å². The number of hydrogen-bond donors (Lipinski definition) is 1. The van der Waals surface area contributed by atoms with Gasteiger partial charge < -0.3 is 9.63 Å². The first-order valence-electron chi connectivity index (χ1n) is 8.43. The molecule has 2 heterocycles. The predicted octanol–water partition coefficient (Wildman–Crippen LogP) is 1.24. The summed E-state index contributed by atoms with van der Waals surface area (Å²) in [7, 11) is -3.64. The Labute approximate surface area is 151 Å². The Balaban J connectivity index is 1.50. The van der Waals surface area contributed by atoms with Gasteiger partial charge in [0.2, 0.25) is 10.0 Å². The van der Waals surface area contributed by atoms with Crippen molar-refractivity contribution >= 4 is 10.0 Å². The molecule has 1 aromatic carbocycles. The summed E-state index contributed by atoms with van der Waals surface area (Å²) in [6.45, 7) is 0.0670. The van der Waals surface area contributed by atoms with Gasteiger partial charge in [-0.25, -0.2) is 8.42 Å². The van der Waals surface area contributed by atoms with Crippen molar-refractivity contribution in [1.82, 2.24) is 14.4 Å². The Morgan fingerprint density at radius 1 is 1.42 bits per heavy atom. The molecular weight excluding hydrogens is 356 g/mol. The molecule has 2 fully saturated rings. The largest absolute Gasteiger partial charge is 0.379 e. The molecule has 0 bridgehead atoms. The van der Waals surface area contributed by atoms with Crippen LogP contribution in [0.15, 0.2) is 28.8 Å². The summed E-state index contributed by atoms with van der Waals surface area (Å²) in [5.74, 6) is 0.742. The molecule has 1 aliphatic carbocycles. The van der Waals surface area contributed by atoms with E-state index in [0.29, 0.717) is 22.9 Å². The van der Waals surface area contributed by atoms with Crippen molar-refractivity contribution in [2.45, 2.75) is 36.5 Å². The van der Waals surface area contributed by atoms with E-state index in [1.54, 1.807) is 24.3 Å². The maximum atomic E-state index is 12.7. The van der Waals surface area contributed by atoms with Crippen molar-refractivity contribution in [3.05, 3.63) is 47.1 Å². The zero-order valence-electron chi connectivity index (χ0n) is 14.0. The molecule has 1 saturated heterocycles. The molecule has 9 heteroatoms. The van der Waals surface area contributed by atoms with Gasteiger partial charge in [-0.05, 0) is 30.5 Å². The number of aliphatic hydroxyl groups is 1. The van der Waals surface area contributed by atoms with Crippen LogP contribution in [-0.4, -0.2) is 41.1 Å². The second-order valence-corrected chi connectivity index (χ2v) is 8.88. The Kier molecular flexibility index (Phi) is 4.06. The van der Waals surface area contributed by atoms with E-state index in [4.69, 9.17) is 9.78 Å². The monoisotopic (exact) mass is 374 g/mol. The highest BCUT2D eigenvalue weighted by Gasteiger charge is 2.47. The molecule has 0 unspecified atom stereocenters. The lowest BCUT2D eigenvalue weighted by Crippen LogP contribution is -2.35. The third-order valence-electron chi connectivity index (χ3n) is 4.79. The van der Waals surface area contributed by atoms with Gasteiger partial charge in [-0.1, -0.05) is 17.3 Å². The first-order chi connectivity index (χ1) is 12.4. The lowest BCUT2D eigenvalue weighted by molar-refractivity contribution is 0.0194. The molecule has 2 aliphatic rings. The van der Waals surface area contributed by atoms with Crippen molar-refractivity contribution in [3.63, 3.8) is 0 Å². The van der Waals surface area contributed by atoms with Gasteiger partial charge in [0, 0.05) is 18.9 Å². The Morgan fingerprint density at radius 2 is 2.23 bits per heavy atom. The molecule has 0 radical (unpaired) electrons. The van der Waals surface area contributed by atoms with E-state index >= 15 is 0 Å². The molecule has 1 aromatic heterocycles. The lowest BCUT2D eigenvalue weighted by atomic mass is 10.0. The third kappa shape index (κ3) is 3.23. The molecule has 1 saturated carbocycles. The number of benzene rings is 1. The van der Waals surface area contributed by atoms with Crippen LogP contribution in [0.3, 0.4) is 0 Å². The quantitative estimate of drug-likeness (QED) is 0.836. The molecule has 2 aromatic rings. The number of rotatable bonds is 5. The van der Waals surface area contributed by atoms with Crippen molar-refractivity contribution in [2.75, 3.05) is 13.1 Å². The first-order valence-corrected chi connectivity index (χ1v) is 10.0. The van der Waals surface area contributed by atoms with Crippen molar-refractivity contribution in [3.8, 4) is 6.07 Å². The SMILES string of the molecule is N#Cc1cccc(CS(=O)(=O)N2CC[C@@](O)(c3nc(C4CC4)no3)C2)c1. The van der Waals surface area contributed by atoms with Gasteiger partial charge in [0.05, 0.1) is 23.9 Å². The zero-order valence-corrected chi connectivity index (χ0v) is 14.8. The van der Waals surface area contributed by atoms with Crippen LogP contribution in [0.1, 0.15) is 48.0 Å². The van der Waals surface area contributed by atoms with Gasteiger partial charge in [0.25, 0.3) is 5.89 Å². The molecule has 26 heavy (non-hydrogen) atoms. The molecule has 1 aliphatic heterocycles. The minimum absolute atomic E-state index is 0.0866. The number of sulfonamides is 1. The summed E-state index contributed by atoms with van der Waals surface area (Å²) in [5.41, 5.74) is -0.510. The molecule has 8 nitrogen and oxygen atoms in total. The summed E-state index contributed by atoms with van der Waals surface area (Å²) in [6.07, 6.45) is 2.23. The number of nitrogens with zero attached hydrogens (tertiary/aromatic N) is 4. The van der Waals surface area contributed by atoms with Crippen LogP contribution in [0.2, 0.25) is 0 Å². The van der Waals surface area contributed by atoms with Gasteiger partial charge in [0.1, 0.15) is 0 Å². The number of nitriles is 1. The van der Waals surface area contributed by atoms with Crippen molar-refractivity contribution < 1.29 is 18.0 Å². The predicted molar refractivity (Wildman–Crippen MR) is 90.1 cm³/mol. The van der Waals surface area contributed by atoms with Crippen LogP contribution in [-0.2, 0) is 21.4 Å². The van der Waals surface area contributed by atoms with E-state index in [-0.39, 0.29) is 31.2 Å². The van der Waals surface area contributed by atoms with Crippen LogP contribution in [0.4, 0.5) is 0 Å². The molecule has 4 rings (SSSR count). The Morgan fingerprint density at radius 3 is 2.96 bits per heavy atom. The van der Waals surface area contributed by atoms with Crippen LogP contribution >= 0.6 is 0 Å². The Hall–Kier alpha value is -2.28. The maximum Gasteiger partial charge on any atom is 0.260 e. The average molecular weight is 374 g/mol. The third-order valence-corrected chi connectivity index (χ3v) is 6.59. The first kappa shape index (κ1) is 17.1.